The van der Waals surface area contributed by atoms with Crippen molar-refractivity contribution in [3.8, 4) is 5.69 Å². The van der Waals surface area contributed by atoms with Crippen LogP contribution < -0.4 is 4.72 Å². The van der Waals surface area contributed by atoms with Crippen molar-refractivity contribution >= 4 is 11.3 Å². The summed E-state index contributed by atoms with van der Waals surface area (Å²) in [6, 6.07) is 3.09. The van der Waals surface area contributed by atoms with Gasteiger partial charge >= 0.3 is 0 Å². The number of nitrogens with zero attached hydrogens (tertiary/aromatic N) is 5. The van der Waals surface area contributed by atoms with Crippen molar-refractivity contribution < 1.29 is 22.3 Å². The van der Waals surface area contributed by atoms with Crippen LogP contribution in [0.3, 0.4) is 0 Å². The number of benzene rings is 1. The van der Waals surface area contributed by atoms with E-state index in [0.717, 1.165) is 5.56 Å². The minimum absolute atomic E-state index is 0.114. The van der Waals surface area contributed by atoms with Crippen LogP contribution in [0, 0.1) is 18.6 Å². The maximum Gasteiger partial charge on any atom is 0.231 e. The van der Waals surface area contributed by atoms with Crippen LogP contribution in [0.5, 0.6) is 0 Å². The van der Waals surface area contributed by atoms with Gasteiger partial charge in [-0.2, -0.15) is 0 Å². The average molecular weight is 479 g/mol. The number of halogens is 2. The third kappa shape index (κ3) is 5.13. The molecule has 4 atom stereocenters. The van der Waals surface area contributed by atoms with E-state index in [1.54, 1.807) is 19.3 Å². The SMILES string of the molecule is Cc1cnc([C@H](Cc2nnc([C@@H]3CCOC3)n2-c2c(F)cccc2F)[C@@H](C)NS(=O)O)nc1. The van der Waals surface area contributed by atoms with Crippen molar-refractivity contribution in [2.24, 2.45) is 0 Å². The molecule has 0 saturated carbocycles. The van der Waals surface area contributed by atoms with Gasteiger partial charge in [-0.15, -0.1) is 10.2 Å². The molecule has 176 valence electrons. The quantitative estimate of drug-likeness (QED) is 0.478. The van der Waals surface area contributed by atoms with Gasteiger partial charge in [0, 0.05) is 43.3 Å². The van der Waals surface area contributed by atoms with Crippen molar-refractivity contribution in [2.75, 3.05) is 13.2 Å². The average Bonchev–Trinajstić information content (AvgIpc) is 3.42. The molecule has 1 aliphatic heterocycles. The van der Waals surface area contributed by atoms with Crippen molar-refractivity contribution in [1.82, 2.24) is 29.5 Å². The minimum Gasteiger partial charge on any atom is -0.381 e. The molecule has 4 rings (SSSR count). The van der Waals surface area contributed by atoms with Gasteiger partial charge in [-0.1, -0.05) is 6.07 Å². The standard InChI is InChI=1S/C21H24F2N6O3S/c1-12-9-24-20(25-10-12)15(13(2)28-33(30)31)8-18-26-27-21(14-6-7-32-11-14)29(18)19-16(22)4-3-5-17(19)23/h3-5,9-10,13-15,28H,6-8,11H2,1-2H3,(H,30,31)/t13-,14-,15-/m1/s1. The fraction of sp³-hybridized carbons (Fsp3) is 0.429. The van der Waals surface area contributed by atoms with Crippen LogP contribution in [-0.4, -0.2) is 52.7 Å². The van der Waals surface area contributed by atoms with Crippen LogP contribution >= 0.6 is 0 Å². The Hall–Kier alpha value is -2.67. The Bertz CT molecular complexity index is 1120. The zero-order valence-electron chi connectivity index (χ0n) is 18.1. The number of rotatable bonds is 8. The monoisotopic (exact) mass is 478 g/mol. The molecule has 0 spiro atoms. The Kier molecular flexibility index (Phi) is 7.17. The van der Waals surface area contributed by atoms with Gasteiger partial charge in [-0.3, -0.25) is 9.12 Å². The molecule has 0 aliphatic carbocycles. The highest BCUT2D eigenvalue weighted by atomic mass is 32.2. The molecule has 33 heavy (non-hydrogen) atoms. The zero-order chi connectivity index (χ0) is 23.5. The number of ether oxygens (including phenoxy) is 1. The van der Waals surface area contributed by atoms with Gasteiger partial charge in [-0.25, -0.2) is 27.7 Å². The van der Waals surface area contributed by atoms with E-state index in [1.165, 1.54) is 22.8 Å². The summed E-state index contributed by atoms with van der Waals surface area (Å²) >= 11 is -2.28. The molecular formula is C21H24F2N6O3S. The van der Waals surface area contributed by atoms with E-state index < -0.39 is 34.9 Å². The van der Waals surface area contributed by atoms with Crippen molar-refractivity contribution in [1.29, 1.82) is 0 Å². The predicted molar refractivity (Wildman–Crippen MR) is 116 cm³/mol. The first-order valence-corrected chi connectivity index (χ1v) is 11.6. The van der Waals surface area contributed by atoms with Gasteiger partial charge in [0.2, 0.25) is 11.3 Å². The molecular weight excluding hydrogens is 454 g/mol. The van der Waals surface area contributed by atoms with Gasteiger partial charge in [0.15, 0.2) is 0 Å². The second-order valence-corrected chi connectivity index (χ2v) is 8.76. The zero-order valence-corrected chi connectivity index (χ0v) is 18.9. The van der Waals surface area contributed by atoms with E-state index in [4.69, 9.17) is 4.74 Å². The summed E-state index contributed by atoms with van der Waals surface area (Å²) in [4.78, 5) is 8.74. The molecule has 9 nitrogen and oxygen atoms in total. The molecule has 3 heterocycles. The third-order valence-electron chi connectivity index (χ3n) is 5.64. The van der Waals surface area contributed by atoms with E-state index in [-0.39, 0.29) is 23.9 Å². The van der Waals surface area contributed by atoms with E-state index in [0.29, 0.717) is 31.3 Å². The molecule has 3 aromatic rings. The molecule has 12 heteroatoms. The number of aromatic nitrogens is 5. The molecule has 0 radical (unpaired) electrons. The summed E-state index contributed by atoms with van der Waals surface area (Å²) in [5.74, 6) is -1.11. The molecule has 1 unspecified atom stereocenters. The van der Waals surface area contributed by atoms with Crippen LogP contribution in [0.1, 0.15) is 48.2 Å². The lowest BCUT2D eigenvalue weighted by molar-refractivity contribution is 0.193. The minimum atomic E-state index is -2.28. The molecule has 0 amide bonds. The second kappa shape index (κ2) is 10.1. The number of nitrogens with one attached hydrogen (secondary N) is 1. The van der Waals surface area contributed by atoms with Gasteiger partial charge in [0.05, 0.1) is 6.61 Å². The fourth-order valence-corrected chi connectivity index (χ4v) is 4.42. The third-order valence-corrected chi connectivity index (χ3v) is 6.21. The first-order valence-electron chi connectivity index (χ1n) is 10.5. The number of para-hydroxylation sites is 1. The van der Waals surface area contributed by atoms with Crippen molar-refractivity contribution in [3.05, 3.63) is 65.3 Å². The molecule has 0 bridgehead atoms. The Morgan fingerprint density at radius 3 is 2.58 bits per heavy atom. The normalized spacial score (nSPS) is 18.9. The van der Waals surface area contributed by atoms with Crippen molar-refractivity contribution in [3.63, 3.8) is 0 Å². The fourth-order valence-electron chi connectivity index (χ4n) is 3.93. The van der Waals surface area contributed by atoms with E-state index in [1.807, 2.05) is 6.92 Å². The maximum atomic E-state index is 14.8. The Morgan fingerprint density at radius 1 is 1.27 bits per heavy atom. The summed E-state index contributed by atoms with van der Waals surface area (Å²) in [6.45, 7) is 4.45. The topological polar surface area (TPSA) is 115 Å². The first-order chi connectivity index (χ1) is 15.8. The largest absolute Gasteiger partial charge is 0.381 e. The van der Waals surface area contributed by atoms with Gasteiger partial charge < -0.3 is 4.74 Å². The first kappa shape index (κ1) is 23.5. The lowest BCUT2D eigenvalue weighted by Crippen LogP contribution is -2.35. The smallest absolute Gasteiger partial charge is 0.231 e. The van der Waals surface area contributed by atoms with E-state index >= 15 is 0 Å². The van der Waals surface area contributed by atoms with E-state index in [9.17, 15) is 17.5 Å². The highest BCUT2D eigenvalue weighted by Gasteiger charge is 2.32. The number of aryl methyl sites for hydroxylation is 1. The molecule has 1 saturated heterocycles. The van der Waals surface area contributed by atoms with Gasteiger partial charge in [-0.05, 0) is 38.0 Å². The van der Waals surface area contributed by atoms with Crippen LogP contribution in [-0.2, 0) is 22.4 Å². The lowest BCUT2D eigenvalue weighted by atomic mass is 9.96. The number of hydrogen-bond acceptors (Lipinski definition) is 6. The Morgan fingerprint density at radius 2 is 1.97 bits per heavy atom. The summed E-state index contributed by atoms with van der Waals surface area (Å²) in [7, 11) is 0. The molecule has 2 aromatic heterocycles. The van der Waals surface area contributed by atoms with Crippen molar-refractivity contribution in [2.45, 2.75) is 44.6 Å². The Labute approximate surface area is 192 Å². The van der Waals surface area contributed by atoms with E-state index in [2.05, 4.69) is 24.9 Å². The highest BCUT2D eigenvalue weighted by molar-refractivity contribution is 7.77. The summed E-state index contributed by atoms with van der Waals surface area (Å²) in [5.41, 5.74) is 0.582. The summed E-state index contributed by atoms with van der Waals surface area (Å²) < 4.78 is 59.8. The summed E-state index contributed by atoms with van der Waals surface area (Å²) in [6.07, 6.45) is 4.05. The molecule has 2 N–H and O–H groups in total. The molecule has 1 aliphatic rings. The second-order valence-electron chi connectivity index (χ2n) is 8.03. The molecule has 1 fully saturated rings. The van der Waals surface area contributed by atoms with Crippen LogP contribution in [0.2, 0.25) is 0 Å². The van der Waals surface area contributed by atoms with Gasteiger partial charge in [0.1, 0.15) is 34.8 Å². The van der Waals surface area contributed by atoms with Crippen LogP contribution in [0.25, 0.3) is 5.69 Å². The maximum absolute atomic E-state index is 14.8. The number of hydrogen-bond donors (Lipinski definition) is 2. The summed E-state index contributed by atoms with van der Waals surface area (Å²) in [5, 5.41) is 8.53. The lowest BCUT2D eigenvalue weighted by Gasteiger charge is -2.23. The predicted octanol–water partition coefficient (Wildman–Crippen LogP) is 2.59. The van der Waals surface area contributed by atoms with Crippen LogP contribution in [0.4, 0.5) is 8.78 Å². The molecule has 1 aromatic carbocycles. The Balaban J connectivity index is 1.81. The highest BCUT2D eigenvalue weighted by Crippen LogP contribution is 2.31. The van der Waals surface area contributed by atoms with Gasteiger partial charge in [0.25, 0.3) is 0 Å². The van der Waals surface area contributed by atoms with Crippen LogP contribution in [0.15, 0.2) is 30.6 Å².